The first-order chi connectivity index (χ1) is 19.9. The number of aryl methyl sites for hydroxylation is 2. The van der Waals surface area contributed by atoms with Crippen molar-refractivity contribution in [2.24, 2.45) is 0 Å². The summed E-state index contributed by atoms with van der Waals surface area (Å²) in [5.74, 6) is 2.13. The molecule has 3 aliphatic rings. The van der Waals surface area contributed by atoms with E-state index in [2.05, 4.69) is 38.4 Å². The van der Waals surface area contributed by atoms with Crippen LogP contribution in [0.2, 0.25) is 0 Å². The molecule has 0 amide bonds. The van der Waals surface area contributed by atoms with Gasteiger partial charge in [-0.05, 0) is 63.5 Å². The van der Waals surface area contributed by atoms with Crippen LogP contribution in [0.25, 0.3) is 16.6 Å². The lowest BCUT2D eigenvalue weighted by atomic mass is 9.96. The van der Waals surface area contributed by atoms with E-state index in [9.17, 15) is 8.42 Å². The van der Waals surface area contributed by atoms with Gasteiger partial charge < -0.3 is 14.5 Å². The van der Waals surface area contributed by atoms with Crippen LogP contribution in [0, 0.1) is 6.92 Å². The Labute approximate surface area is 240 Å². The fraction of sp³-hybridized carbons (Fsp3) is 0.533. The van der Waals surface area contributed by atoms with E-state index >= 15 is 0 Å². The SMILES string of the molecule is Cc1cccc2nc(CS(C)(=O)=O)nc(N3CCCCC3c3cc4nc5c(c(N6CCOCC6)n4n3)CCCC5)c12. The van der Waals surface area contributed by atoms with Crippen molar-refractivity contribution >= 4 is 38.0 Å². The fourth-order valence-corrected chi connectivity index (χ4v) is 7.38. The number of anilines is 2. The third-order valence-electron chi connectivity index (χ3n) is 8.65. The smallest absolute Gasteiger partial charge is 0.157 e. The number of ether oxygens (including phenoxy) is 1. The number of benzene rings is 1. The van der Waals surface area contributed by atoms with Crippen LogP contribution in [0.1, 0.15) is 66.5 Å². The summed E-state index contributed by atoms with van der Waals surface area (Å²) in [6, 6.07) is 8.15. The van der Waals surface area contributed by atoms with Crippen molar-refractivity contribution in [3.63, 3.8) is 0 Å². The number of rotatable bonds is 5. The molecule has 5 heterocycles. The van der Waals surface area contributed by atoms with E-state index in [4.69, 9.17) is 19.8 Å². The summed E-state index contributed by atoms with van der Waals surface area (Å²) in [7, 11) is -3.29. The Kier molecular flexibility index (Phi) is 6.81. The molecular weight excluding hydrogens is 538 g/mol. The first-order valence-electron chi connectivity index (χ1n) is 14.8. The van der Waals surface area contributed by atoms with E-state index in [0.29, 0.717) is 5.82 Å². The van der Waals surface area contributed by atoms with Crippen LogP contribution >= 0.6 is 0 Å². The van der Waals surface area contributed by atoms with Gasteiger partial charge in [-0.3, -0.25) is 0 Å². The van der Waals surface area contributed by atoms with E-state index in [1.54, 1.807) is 0 Å². The van der Waals surface area contributed by atoms with Gasteiger partial charge in [0.2, 0.25) is 0 Å². The molecule has 216 valence electrons. The maximum atomic E-state index is 12.2. The molecule has 1 aliphatic carbocycles. The molecule has 3 aromatic heterocycles. The van der Waals surface area contributed by atoms with Gasteiger partial charge >= 0.3 is 0 Å². The molecular formula is C30H37N7O3S. The summed E-state index contributed by atoms with van der Waals surface area (Å²) in [6.07, 6.45) is 8.69. The highest BCUT2D eigenvalue weighted by molar-refractivity contribution is 7.89. The number of hydrogen-bond donors (Lipinski definition) is 0. The van der Waals surface area contributed by atoms with E-state index < -0.39 is 9.84 Å². The van der Waals surface area contributed by atoms with Crippen molar-refractivity contribution in [1.82, 2.24) is 24.6 Å². The zero-order valence-electron chi connectivity index (χ0n) is 23.8. The second kappa shape index (κ2) is 10.5. The Bertz CT molecular complexity index is 1730. The minimum Gasteiger partial charge on any atom is -0.378 e. The molecule has 0 saturated carbocycles. The summed E-state index contributed by atoms with van der Waals surface area (Å²) < 4.78 is 32.2. The Morgan fingerprint density at radius 2 is 1.83 bits per heavy atom. The van der Waals surface area contributed by atoms with Gasteiger partial charge in [-0.2, -0.15) is 9.61 Å². The minimum absolute atomic E-state index is 0.00353. The van der Waals surface area contributed by atoms with E-state index in [0.717, 1.165) is 98.6 Å². The van der Waals surface area contributed by atoms with Crippen LogP contribution in [0.15, 0.2) is 24.3 Å². The number of hydrogen-bond acceptors (Lipinski definition) is 9. The Hall–Kier alpha value is -3.31. The standard InChI is InChI=1S/C30H37N7O3S/c1-20-8-7-11-23-28(20)29(33-26(31-23)19-41(2,38)39)36-13-6-5-12-25(36)24-18-27-32-22-10-4-3-9-21(22)30(37(27)34-24)35-14-16-40-17-15-35/h7-8,11,18,25H,3-6,9-10,12-17,19H2,1-2H3. The van der Waals surface area contributed by atoms with Gasteiger partial charge in [-0.1, -0.05) is 12.1 Å². The van der Waals surface area contributed by atoms with Gasteiger partial charge in [0, 0.05) is 48.6 Å². The second-order valence-electron chi connectivity index (χ2n) is 11.7. The molecule has 4 aromatic rings. The molecule has 11 heteroatoms. The molecule has 1 aromatic carbocycles. The third kappa shape index (κ3) is 5.03. The lowest BCUT2D eigenvalue weighted by Gasteiger charge is -2.36. The molecule has 10 nitrogen and oxygen atoms in total. The number of fused-ring (bicyclic) bond motifs is 3. The first kappa shape index (κ1) is 26.6. The highest BCUT2D eigenvalue weighted by Gasteiger charge is 2.32. The molecule has 2 saturated heterocycles. The fourth-order valence-electron chi connectivity index (χ4n) is 6.79. The number of morpholine rings is 1. The van der Waals surface area contributed by atoms with Crippen LogP contribution < -0.4 is 9.80 Å². The predicted molar refractivity (Wildman–Crippen MR) is 159 cm³/mol. The second-order valence-corrected chi connectivity index (χ2v) is 13.9. The minimum atomic E-state index is -3.29. The molecule has 1 unspecified atom stereocenters. The summed E-state index contributed by atoms with van der Waals surface area (Å²) in [5, 5.41) is 6.25. The Morgan fingerprint density at radius 1 is 1.00 bits per heavy atom. The maximum absolute atomic E-state index is 12.2. The summed E-state index contributed by atoms with van der Waals surface area (Å²) >= 11 is 0. The molecule has 41 heavy (non-hydrogen) atoms. The first-order valence-corrected chi connectivity index (χ1v) is 16.9. The van der Waals surface area contributed by atoms with Crippen molar-refractivity contribution in [3.05, 3.63) is 52.6 Å². The van der Waals surface area contributed by atoms with Gasteiger partial charge in [0.1, 0.15) is 23.2 Å². The number of piperidine rings is 1. The van der Waals surface area contributed by atoms with Gasteiger partial charge in [0.25, 0.3) is 0 Å². The Morgan fingerprint density at radius 3 is 2.66 bits per heavy atom. The lowest BCUT2D eigenvalue weighted by Crippen LogP contribution is -2.39. The number of sulfone groups is 1. The lowest BCUT2D eigenvalue weighted by molar-refractivity contribution is 0.122. The van der Waals surface area contributed by atoms with E-state index in [1.807, 2.05) is 12.1 Å². The van der Waals surface area contributed by atoms with E-state index in [1.165, 1.54) is 36.2 Å². The zero-order valence-corrected chi connectivity index (χ0v) is 24.7. The molecule has 0 bridgehead atoms. The van der Waals surface area contributed by atoms with Crippen molar-refractivity contribution < 1.29 is 13.2 Å². The van der Waals surface area contributed by atoms with Crippen LogP contribution in [0.3, 0.4) is 0 Å². The van der Waals surface area contributed by atoms with Gasteiger partial charge in [0.15, 0.2) is 15.5 Å². The van der Waals surface area contributed by atoms with Crippen LogP contribution in [-0.2, 0) is 33.2 Å². The van der Waals surface area contributed by atoms with Crippen LogP contribution in [0.5, 0.6) is 0 Å². The summed E-state index contributed by atoms with van der Waals surface area (Å²) in [6.45, 7) is 6.03. The molecule has 0 spiro atoms. The van der Waals surface area contributed by atoms with Crippen molar-refractivity contribution in [2.75, 3.05) is 48.9 Å². The van der Waals surface area contributed by atoms with Crippen molar-refractivity contribution in [1.29, 1.82) is 0 Å². The quantitative estimate of drug-likeness (QED) is 0.349. The van der Waals surface area contributed by atoms with Crippen molar-refractivity contribution in [3.8, 4) is 0 Å². The number of aromatic nitrogens is 5. The molecule has 2 fully saturated rings. The van der Waals surface area contributed by atoms with E-state index in [-0.39, 0.29) is 11.8 Å². The normalized spacial score (nSPS) is 20.1. The monoisotopic (exact) mass is 575 g/mol. The van der Waals surface area contributed by atoms with Gasteiger partial charge in [0.05, 0.1) is 30.5 Å². The summed E-state index contributed by atoms with van der Waals surface area (Å²) in [4.78, 5) is 19.5. The highest BCUT2D eigenvalue weighted by atomic mass is 32.2. The number of nitrogens with zero attached hydrogens (tertiary/aromatic N) is 7. The molecule has 7 rings (SSSR count). The molecule has 1 atom stereocenters. The maximum Gasteiger partial charge on any atom is 0.157 e. The predicted octanol–water partition coefficient (Wildman–Crippen LogP) is 3.97. The molecule has 0 N–H and O–H groups in total. The summed E-state index contributed by atoms with van der Waals surface area (Å²) in [5.41, 5.74) is 6.28. The van der Waals surface area contributed by atoms with Crippen LogP contribution in [-0.4, -0.2) is 72.1 Å². The average Bonchev–Trinajstić information content (AvgIpc) is 3.38. The third-order valence-corrected chi connectivity index (χ3v) is 9.43. The topological polar surface area (TPSA) is 106 Å². The Balaban J connectivity index is 1.37. The molecule has 0 radical (unpaired) electrons. The van der Waals surface area contributed by atoms with Gasteiger partial charge in [-0.15, -0.1) is 0 Å². The highest BCUT2D eigenvalue weighted by Crippen LogP contribution is 2.39. The van der Waals surface area contributed by atoms with Gasteiger partial charge in [-0.25, -0.2) is 23.4 Å². The zero-order chi connectivity index (χ0) is 28.1. The van der Waals surface area contributed by atoms with Crippen LogP contribution in [0.4, 0.5) is 11.6 Å². The average molecular weight is 576 g/mol. The van der Waals surface area contributed by atoms with Crippen molar-refractivity contribution in [2.45, 2.75) is 63.7 Å². The largest absolute Gasteiger partial charge is 0.378 e. The molecule has 2 aliphatic heterocycles.